The van der Waals surface area contributed by atoms with Crippen molar-refractivity contribution in [1.29, 1.82) is 0 Å². The number of hydrogen-bond donors (Lipinski definition) is 3. The maximum Gasteiger partial charge on any atom is 0.307 e. The summed E-state index contributed by atoms with van der Waals surface area (Å²) in [5, 5.41) is 21.0. The summed E-state index contributed by atoms with van der Waals surface area (Å²) in [5.41, 5.74) is 0. The number of amides is 1. The van der Waals surface area contributed by atoms with Gasteiger partial charge in [0.2, 0.25) is 5.91 Å². The lowest BCUT2D eigenvalue weighted by atomic mass is 9.78. The summed E-state index contributed by atoms with van der Waals surface area (Å²) in [7, 11) is 0. The SMILES string of the molecule is CC(CO)C(C)NC(=O)C1CCCCC1C(=O)O. The fourth-order valence-corrected chi connectivity index (χ4v) is 2.37. The Morgan fingerprint density at radius 1 is 1.22 bits per heavy atom. The topological polar surface area (TPSA) is 86.6 Å². The molecule has 1 saturated carbocycles. The predicted octanol–water partition coefficient (Wildman–Crippen LogP) is 1.01. The van der Waals surface area contributed by atoms with Crippen molar-refractivity contribution in [3.05, 3.63) is 0 Å². The van der Waals surface area contributed by atoms with E-state index in [9.17, 15) is 9.59 Å². The largest absolute Gasteiger partial charge is 0.481 e. The summed E-state index contributed by atoms with van der Waals surface area (Å²) in [6.07, 6.45) is 3.01. The van der Waals surface area contributed by atoms with Gasteiger partial charge in [-0.3, -0.25) is 9.59 Å². The second kappa shape index (κ2) is 6.73. The van der Waals surface area contributed by atoms with Gasteiger partial charge in [-0.25, -0.2) is 0 Å². The highest BCUT2D eigenvalue weighted by atomic mass is 16.4. The lowest BCUT2D eigenvalue weighted by Crippen LogP contribution is -2.45. The summed E-state index contributed by atoms with van der Waals surface area (Å²) in [6, 6.07) is -0.140. The average molecular weight is 257 g/mol. The summed E-state index contributed by atoms with van der Waals surface area (Å²) >= 11 is 0. The van der Waals surface area contributed by atoms with Crippen LogP contribution in [-0.4, -0.2) is 34.7 Å². The van der Waals surface area contributed by atoms with Crippen LogP contribution in [0.5, 0.6) is 0 Å². The standard InChI is InChI=1S/C13H23NO4/c1-8(7-15)9(2)14-12(16)10-5-3-4-6-11(10)13(17)18/h8-11,15H,3-7H2,1-2H3,(H,14,16)(H,17,18). The van der Waals surface area contributed by atoms with Gasteiger partial charge in [0.1, 0.15) is 0 Å². The van der Waals surface area contributed by atoms with Crippen molar-refractivity contribution < 1.29 is 19.8 Å². The Hall–Kier alpha value is -1.10. The highest BCUT2D eigenvalue weighted by Gasteiger charge is 2.36. The molecule has 0 spiro atoms. The van der Waals surface area contributed by atoms with E-state index in [0.717, 1.165) is 12.8 Å². The Balaban J connectivity index is 2.61. The molecule has 18 heavy (non-hydrogen) atoms. The number of carboxylic acid groups (broad SMARTS) is 1. The summed E-state index contributed by atoms with van der Waals surface area (Å²) < 4.78 is 0. The minimum atomic E-state index is -0.877. The van der Waals surface area contributed by atoms with Crippen LogP contribution in [-0.2, 0) is 9.59 Å². The van der Waals surface area contributed by atoms with E-state index in [4.69, 9.17) is 10.2 Å². The molecule has 0 aliphatic heterocycles. The van der Waals surface area contributed by atoms with Gasteiger partial charge in [0, 0.05) is 12.6 Å². The molecule has 0 heterocycles. The van der Waals surface area contributed by atoms with Gasteiger partial charge < -0.3 is 15.5 Å². The zero-order chi connectivity index (χ0) is 13.7. The molecule has 0 aromatic heterocycles. The van der Waals surface area contributed by atoms with E-state index in [0.29, 0.717) is 12.8 Å². The molecule has 0 aromatic carbocycles. The van der Waals surface area contributed by atoms with E-state index in [1.807, 2.05) is 13.8 Å². The van der Waals surface area contributed by atoms with E-state index >= 15 is 0 Å². The van der Waals surface area contributed by atoms with Crippen LogP contribution >= 0.6 is 0 Å². The summed E-state index contributed by atoms with van der Waals surface area (Å²) in [4.78, 5) is 23.2. The van der Waals surface area contributed by atoms with Crippen LogP contribution in [0.3, 0.4) is 0 Å². The van der Waals surface area contributed by atoms with Gasteiger partial charge in [-0.2, -0.15) is 0 Å². The van der Waals surface area contributed by atoms with Gasteiger partial charge in [-0.15, -0.1) is 0 Å². The third-order valence-corrected chi connectivity index (χ3v) is 3.93. The molecule has 3 N–H and O–H groups in total. The molecule has 5 nitrogen and oxygen atoms in total. The second-order valence-corrected chi connectivity index (χ2v) is 5.29. The zero-order valence-electron chi connectivity index (χ0n) is 11.1. The van der Waals surface area contributed by atoms with Gasteiger partial charge in [0.15, 0.2) is 0 Å². The molecule has 0 radical (unpaired) electrons. The maximum absolute atomic E-state index is 12.1. The molecule has 4 atom stereocenters. The minimum absolute atomic E-state index is 0.00841. The Labute approximate surface area is 108 Å². The van der Waals surface area contributed by atoms with Crippen LogP contribution in [0.4, 0.5) is 0 Å². The third kappa shape index (κ3) is 3.70. The van der Waals surface area contributed by atoms with Crippen molar-refractivity contribution >= 4 is 11.9 Å². The molecule has 0 aromatic rings. The van der Waals surface area contributed by atoms with E-state index in [1.54, 1.807) is 0 Å². The van der Waals surface area contributed by atoms with Crippen LogP contribution in [0.25, 0.3) is 0 Å². The first-order chi connectivity index (χ1) is 8.47. The predicted molar refractivity (Wildman–Crippen MR) is 66.9 cm³/mol. The monoisotopic (exact) mass is 257 g/mol. The van der Waals surface area contributed by atoms with Gasteiger partial charge in [0.05, 0.1) is 11.8 Å². The molecule has 1 amide bonds. The highest BCUT2D eigenvalue weighted by Crippen LogP contribution is 2.30. The molecule has 1 aliphatic carbocycles. The number of rotatable bonds is 5. The van der Waals surface area contributed by atoms with Crippen molar-refractivity contribution in [2.24, 2.45) is 17.8 Å². The maximum atomic E-state index is 12.1. The molecular formula is C13H23NO4. The first kappa shape index (κ1) is 15.0. The number of hydrogen-bond acceptors (Lipinski definition) is 3. The van der Waals surface area contributed by atoms with Gasteiger partial charge in [-0.05, 0) is 25.7 Å². The van der Waals surface area contributed by atoms with Crippen LogP contribution < -0.4 is 5.32 Å². The Bertz CT molecular complexity index is 305. The van der Waals surface area contributed by atoms with Crippen molar-refractivity contribution in [1.82, 2.24) is 5.32 Å². The third-order valence-electron chi connectivity index (χ3n) is 3.93. The van der Waals surface area contributed by atoms with E-state index < -0.39 is 17.8 Å². The number of carbonyl (C=O) groups excluding carboxylic acids is 1. The van der Waals surface area contributed by atoms with E-state index in [1.165, 1.54) is 0 Å². The van der Waals surface area contributed by atoms with Crippen LogP contribution in [0.15, 0.2) is 0 Å². The number of aliphatic hydroxyl groups excluding tert-OH is 1. The molecule has 5 heteroatoms. The number of aliphatic hydroxyl groups is 1. The van der Waals surface area contributed by atoms with Gasteiger partial charge in [-0.1, -0.05) is 19.8 Å². The van der Waals surface area contributed by atoms with Gasteiger partial charge >= 0.3 is 5.97 Å². The fraction of sp³-hybridized carbons (Fsp3) is 0.846. The quantitative estimate of drug-likeness (QED) is 0.686. The molecule has 1 rings (SSSR count). The second-order valence-electron chi connectivity index (χ2n) is 5.29. The van der Waals surface area contributed by atoms with Crippen molar-refractivity contribution in [2.75, 3.05) is 6.61 Å². The molecule has 1 aliphatic rings. The lowest BCUT2D eigenvalue weighted by molar-refractivity contribution is -0.149. The Morgan fingerprint density at radius 2 is 1.78 bits per heavy atom. The lowest BCUT2D eigenvalue weighted by Gasteiger charge is -2.29. The van der Waals surface area contributed by atoms with Crippen LogP contribution in [0.1, 0.15) is 39.5 Å². The van der Waals surface area contributed by atoms with Crippen molar-refractivity contribution in [3.8, 4) is 0 Å². The highest BCUT2D eigenvalue weighted by molar-refractivity contribution is 5.85. The van der Waals surface area contributed by atoms with Crippen molar-refractivity contribution in [2.45, 2.75) is 45.6 Å². The Kier molecular flexibility index (Phi) is 5.59. The molecular weight excluding hydrogens is 234 g/mol. The van der Waals surface area contributed by atoms with Crippen molar-refractivity contribution in [3.63, 3.8) is 0 Å². The van der Waals surface area contributed by atoms with Crippen LogP contribution in [0, 0.1) is 17.8 Å². The molecule has 1 fully saturated rings. The number of carboxylic acids is 1. The number of nitrogens with one attached hydrogen (secondary N) is 1. The Morgan fingerprint density at radius 3 is 2.28 bits per heavy atom. The first-order valence-corrected chi connectivity index (χ1v) is 6.61. The minimum Gasteiger partial charge on any atom is -0.481 e. The van der Waals surface area contributed by atoms with E-state index in [-0.39, 0.29) is 24.5 Å². The van der Waals surface area contributed by atoms with Crippen LogP contribution in [0.2, 0.25) is 0 Å². The average Bonchev–Trinajstić information content (AvgIpc) is 2.37. The first-order valence-electron chi connectivity index (χ1n) is 6.61. The van der Waals surface area contributed by atoms with Gasteiger partial charge in [0.25, 0.3) is 0 Å². The summed E-state index contributed by atoms with van der Waals surface area (Å²) in [6.45, 7) is 3.69. The smallest absolute Gasteiger partial charge is 0.307 e. The molecule has 4 unspecified atom stereocenters. The molecule has 0 saturated heterocycles. The molecule has 0 bridgehead atoms. The zero-order valence-corrected chi connectivity index (χ0v) is 11.1. The normalized spacial score (nSPS) is 27.3. The summed E-state index contributed by atoms with van der Waals surface area (Å²) in [5.74, 6) is -2.08. The fourth-order valence-electron chi connectivity index (χ4n) is 2.37. The number of carbonyl (C=O) groups is 2. The number of aliphatic carboxylic acids is 1. The molecule has 104 valence electrons. The van der Waals surface area contributed by atoms with E-state index in [2.05, 4.69) is 5.32 Å².